The lowest BCUT2D eigenvalue weighted by molar-refractivity contribution is -0.425. The number of hydrogen-bond acceptors (Lipinski definition) is 4. The maximum atomic E-state index is 10.4. The first-order chi connectivity index (χ1) is 6.52. The summed E-state index contributed by atoms with van der Waals surface area (Å²) in [6.45, 7) is 3.32. The Morgan fingerprint density at radius 1 is 1.71 bits per heavy atom. The molecular weight excluding hydrogens is 206 g/mol. The molecule has 0 aliphatic heterocycles. The van der Waals surface area contributed by atoms with E-state index in [1.165, 1.54) is 18.1 Å². The van der Waals surface area contributed by atoms with Gasteiger partial charge in [-0.1, -0.05) is 11.6 Å². The van der Waals surface area contributed by atoms with E-state index in [1.807, 2.05) is 0 Å². The van der Waals surface area contributed by atoms with Gasteiger partial charge in [0.1, 0.15) is 10.8 Å². The number of nitrogens with zero attached hydrogens (tertiary/aromatic N) is 3. The number of pyridine rings is 1. The van der Waals surface area contributed by atoms with Gasteiger partial charge in [-0.15, -0.1) is 0 Å². The Morgan fingerprint density at radius 3 is 2.79 bits per heavy atom. The topological polar surface area (TPSA) is 59.3 Å². The van der Waals surface area contributed by atoms with Crippen LogP contribution in [0.2, 0.25) is 5.15 Å². The third-order valence-corrected chi connectivity index (χ3v) is 1.92. The van der Waals surface area contributed by atoms with E-state index < -0.39 is 4.92 Å². The second-order valence-corrected chi connectivity index (χ2v) is 2.96. The van der Waals surface area contributed by atoms with Gasteiger partial charge in [0.2, 0.25) is 0 Å². The van der Waals surface area contributed by atoms with Gasteiger partial charge in [-0.2, -0.15) is 0 Å². The minimum Gasteiger partial charge on any atom is -0.358 e. The molecule has 0 aliphatic carbocycles. The van der Waals surface area contributed by atoms with E-state index in [2.05, 4.69) is 11.6 Å². The van der Waals surface area contributed by atoms with Gasteiger partial charge < -0.3 is 10.1 Å². The lowest BCUT2D eigenvalue weighted by atomic mass is 10.4. The molecule has 0 unspecified atom stereocenters. The van der Waals surface area contributed by atoms with Crippen molar-refractivity contribution in [3.8, 4) is 0 Å². The molecule has 6 heteroatoms. The Kier molecular flexibility index (Phi) is 3.03. The van der Waals surface area contributed by atoms with E-state index in [4.69, 9.17) is 11.6 Å². The van der Waals surface area contributed by atoms with Crippen LogP contribution in [-0.2, 0) is 0 Å². The summed E-state index contributed by atoms with van der Waals surface area (Å²) in [5.74, 6) is -0.214. The Morgan fingerprint density at radius 2 is 2.36 bits per heavy atom. The van der Waals surface area contributed by atoms with Crippen molar-refractivity contribution in [1.29, 1.82) is 0 Å². The van der Waals surface area contributed by atoms with Crippen LogP contribution in [0.15, 0.2) is 30.7 Å². The van der Waals surface area contributed by atoms with Crippen LogP contribution in [-0.4, -0.2) is 17.0 Å². The van der Waals surface area contributed by atoms with Crippen LogP contribution in [0.25, 0.3) is 0 Å². The van der Waals surface area contributed by atoms with Crippen molar-refractivity contribution in [2.45, 2.75) is 0 Å². The standard InChI is InChI=1S/C8H8ClN3O2/c1-6(12(13)14)11(2)7-3-4-8(9)10-5-7/h3-5H,1H2,2H3. The zero-order valence-corrected chi connectivity index (χ0v) is 8.23. The van der Waals surface area contributed by atoms with Gasteiger partial charge in [0.25, 0.3) is 0 Å². The van der Waals surface area contributed by atoms with Gasteiger partial charge in [-0.05, 0) is 23.6 Å². The van der Waals surface area contributed by atoms with Gasteiger partial charge in [0.15, 0.2) is 0 Å². The van der Waals surface area contributed by atoms with Crippen molar-refractivity contribution in [3.63, 3.8) is 0 Å². The van der Waals surface area contributed by atoms with Gasteiger partial charge >= 0.3 is 5.82 Å². The third-order valence-electron chi connectivity index (χ3n) is 1.70. The Bertz CT molecular complexity index is 363. The number of halogens is 1. The van der Waals surface area contributed by atoms with Gasteiger partial charge in [-0.3, -0.25) is 0 Å². The van der Waals surface area contributed by atoms with Crippen LogP contribution < -0.4 is 4.90 Å². The fraction of sp³-hybridized carbons (Fsp3) is 0.125. The zero-order valence-electron chi connectivity index (χ0n) is 7.48. The summed E-state index contributed by atoms with van der Waals surface area (Å²) < 4.78 is 0. The number of hydrogen-bond donors (Lipinski definition) is 0. The highest BCUT2D eigenvalue weighted by atomic mass is 35.5. The average molecular weight is 214 g/mol. The molecule has 0 amide bonds. The summed E-state index contributed by atoms with van der Waals surface area (Å²) in [4.78, 5) is 15.0. The van der Waals surface area contributed by atoms with Crippen molar-refractivity contribution < 1.29 is 4.92 Å². The van der Waals surface area contributed by atoms with Crippen LogP contribution in [0.5, 0.6) is 0 Å². The molecule has 0 aromatic carbocycles. The second-order valence-electron chi connectivity index (χ2n) is 2.57. The Balaban J connectivity index is 2.89. The summed E-state index contributed by atoms with van der Waals surface area (Å²) in [6.07, 6.45) is 1.44. The summed E-state index contributed by atoms with van der Waals surface area (Å²) in [7, 11) is 1.54. The highest BCUT2D eigenvalue weighted by Crippen LogP contribution is 2.16. The van der Waals surface area contributed by atoms with Crippen molar-refractivity contribution in [1.82, 2.24) is 4.98 Å². The molecule has 0 radical (unpaired) electrons. The summed E-state index contributed by atoms with van der Waals surface area (Å²) in [5.41, 5.74) is 0.566. The fourth-order valence-corrected chi connectivity index (χ4v) is 0.950. The van der Waals surface area contributed by atoms with E-state index in [9.17, 15) is 10.1 Å². The molecule has 1 rings (SSSR count). The number of rotatable bonds is 3. The van der Waals surface area contributed by atoms with Crippen molar-refractivity contribution in [3.05, 3.63) is 46.0 Å². The number of aromatic nitrogens is 1. The Labute approximate surface area is 85.8 Å². The van der Waals surface area contributed by atoms with E-state index in [-0.39, 0.29) is 5.82 Å². The third kappa shape index (κ3) is 2.20. The van der Waals surface area contributed by atoms with Crippen LogP contribution in [0.4, 0.5) is 5.69 Å². The number of nitro groups is 1. The van der Waals surface area contributed by atoms with Crippen molar-refractivity contribution in [2.24, 2.45) is 0 Å². The first kappa shape index (κ1) is 10.5. The summed E-state index contributed by atoms with van der Waals surface area (Å²) in [5, 5.41) is 10.7. The van der Waals surface area contributed by atoms with Gasteiger partial charge in [0.05, 0.1) is 13.2 Å². The minimum absolute atomic E-state index is 0.214. The molecule has 0 saturated carbocycles. The molecule has 74 valence electrons. The molecule has 0 spiro atoms. The summed E-state index contributed by atoms with van der Waals surface area (Å²) >= 11 is 5.57. The average Bonchev–Trinajstić information content (AvgIpc) is 2.16. The van der Waals surface area contributed by atoms with Crippen LogP contribution in [0, 0.1) is 10.1 Å². The lowest BCUT2D eigenvalue weighted by Crippen LogP contribution is -2.21. The number of anilines is 1. The largest absolute Gasteiger partial charge is 0.358 e. The summed E-state index contributed by atoms with van der Waals surface area (Å²) in [6, 6.07) is 3.19. The molecule has 0 fully saturated rings. The molecule has 1 heterocycles. The lowest BCUT2D eigenvalue weighted by Gasteiger charge is -2.11. The molecule has 0 bridgehead atoms. The van der Waals surface area contributed by atoms with E-state index >= 15 is 0 Å². The highest BCUT2D eigenvalue weighted by molar-refractivity contribution is 6.29. The molecule has 0 atom stereocenters. The van der Waals surface area contributed by atoms with Crippen molar-refractivity contribution in [2.75, 3.05) is 11.9 Å². The quantitative estimate of drug-likeness (QED) is 0.437. The SMILES string of the molecule is C=C(N(C)c1ccc(Cl)nc1)[N+](=O)[O-]. The molecule has 1 aromatic heterocycles. The van der Waals surface area contributed by atoms with E-state index in [0.717, 1.165) is 0 Å². The molecule has 0 aliphatic rings. The molecule has 5 nitrogen and oxygen atoms in total. The van der Waals surface area contributed by atoms with Crippen LogP contribution in [0.1, 0.15) is 0 Å². The molecular formula is C8H8ClN3O2. The van der Waals surface area contributed by atoms with E-state index in [0.29, 0.717) is 10.8 Å². The van der Waals surface area contributed by atoms with Gasteiger partial charge in [0, 0.05) is 0 Å². The molecule has 0 N–H and O–H groups in total. The predicted molar refractivity (Wildman–Crippen MR) is 53.8 cm³/mol. The van der Waals surface area contributed by atoms with Crippen LogP contribution in [0.3, 0.4) is 0 Å². The maximum Gasteiger partial charge on any atom is 0.315 e. The minimum atomic E-state index is -0.561. The first-order valence-electron chi connectivity index (χ1n) is 3.71. The van der Waals surface area contributed by atoms with E-state index in [1.54, 1.807) is 12.1 Å². The Hall–Kier alpha value is -1.62. The van der Waals surface area contributed by atoms with Gasteiger partial charge in [-0.25, -0.2) is 9.88 Å². The zero-order chi connectivity index (χ0) is 10.7. The fourth-order valence-electron chi connectivity index (χ4n) is 0.838. The highest BCUT2D eigenvalue weighted by Gasteiger charge is 2.15. The smallest absolute Gasteiger partial charge is 0.315 e. The molecule has 0 saturated heterocycles. The normalized spacial score (nSPS) is 9.57. The van der Waals surface area contributed by atoms with Crippen LogP contribution >= 0.6 is 11.6 Å². The first-order valence-corrected chi connectivity index (χ1v) is 4.08. The molecule has 1 aromatic rings. The monoisotopic (exact) mass is 213 g/mol. The molecule has 14 heavy (non-hydrogen) atoms. The maximum absolute atomic E-state index is 10.4. The predicted octanol–water partition coefficient (Wildman–Crippen LogP) is 1.92. The van der Waals surface area contributed by atoms with Crippen molar-refractivity contribution >= 4 is 17.3 Å². The second kappa shape index (κ2) is 4.06.